The van der Waals surface area contributed by atoms with Gasteiger partial charge >= 0.3 is 0 Å². The molecule has 14 heteroatoms. The first-order chi connectivity index (χ1) is 26.9. The van der Waals surface area contributed by atoms with Gasteiger partial charge in [-0.25, -0.2) is 0 Å². The fourth-order valence-corrected chi connectivity index (χ4v) is 9.58. The molecule has 3 aromatic carbocycles. The summed E-state index contributed by atoms with van der Waals surface area (Å²) in [4.78, 5) is 13.8. The maximum absolute atomic E-state index is 13.8. The molecule has 7 aliphatic rings. The number of aliphatic hydroxyl groups excluding tert-OH is 1. The predicted octanol–water partition coefficient (Wildman–Crippen LogP) is 4.44. The fourth-order valence-electron chi connectivity index (χ4n) is 9.58. The number of rotatable bonds is 9. The second-order valence-electron chi connectivity index (χ2n) is 14.9. The SMILES string of the molecule is COc1ccc([C@@H]2OC[C@@H]3[C@H]2CO[C@H]3[C@@H]2C(=O)C=C3OCO[C@]3(Oc3ccc([C@H]4OC[C@@H]5[C@H]4CO[C@H]5c4ccc5c(c4)OCO5)cc3OC)[C@H]2O)cc1OC. The molecule has 5 saturated heterocycles. The Morgan fingerprint density at radius 3 is 1.87 bits per heavy atom. The molecule has 0 amide bonds. The summed E-state index contributed by atoms with van der Waals surface area (Å²) in [6.07, 6.45) is -1.44. The van der Waals surface area contributed by atoms with Crippen LogP contribution in [-0.2, 0) is 33.2 Å². The zero-order valence-electron chi connectivity index (χ0n) is 30.5. The van der Waals surface area contributed by atoms with E-state index in [0.717, 1.165) is 28.2 Å². The van der Waals surface area contributed by atoms with Crippen LogP contribution in [0.2, 0.25) is 0 Å². The van der Waals surface area contributed by atoms with Crippen LogP contribution < -0.4 is 28.4 Å². The van der Waals surface area contributed by atoms with Gasteiger partial charge < -0.3 is 57.2 Å². The number of ketones is 1. The highest BCUT2D eigenvalue weighted by molar-refractivity contribution is 5.95. The maximum atomic E-state index is 13.8. The van der Waals surface area contributed by atoms with Crippen molar-refractivity contribution in [2.75, 3.05) is 61.3 Å². The Bertz CT molecular complexity index is 2020. The first-order valence-corrected chi connectivity index (χ1v) is 18.6. The number of methoxy groups -OCH3 is 3. The molecule has 6 heterocycles. The smallest absolute Gasteiger partial charge is 0.299 e. The standard InChI is InChI=1S/C41H42O14/c1-44-28-7-4-20(10-31(28)45-2)37-25-16-50-39(26(25)17-49-37)35-27(42)13-34-41(40(35)43,54-19-53-34)55-30-9-6-21(11-32(30)46-3)36-23-14-48-38(24(23)15-47-36)22-5-8-29-33(12-22)52-18-51-29/h4-13,23-26,35-40,43H,14-19H2,1-3H3/t23-,24-,25-,26-,35+,36-,37+,38+,39-,40+,41-/m1/s1. The lowest BCUT2D eigenvalue weighted by Gasteiger charge is -2.41. The number of hydrogen-bond acceptors (Lipinski definition) is 14. The van der Waals surface area contributed by atoms with Gasteiger partial charge in [0.15, 0.2) is 52.8 Å². The number of carbonyl (C=O) groups is 1. The van der Waals surface area contributed by atoms with Crippen LogP contribution in [0.25, 0.3) is 0 Å². The molecule has 0 saturated carbocycles. The summed E-state index contributed by atoms with van der Waals surface area (Å²) in [5.41, 5.74) is 2.85. The molecule has 290 valence electrons. The summed E-state index contributed by atoms with van der Waals surface area (Å²) >= 11 is 0. The summed E-state index contributed by atoms with van der Waals surface area (Å²) in [5, 5.41) is 12.1. The van der Waals surface area contributed by atoms with Crippen molar-refractivity contribution in [3.05, 3.63) is 83.1 Å². The Kier molecular flexibility index (Phi) is 8.61. The van der Waals surface area contributed by atoms with E-state index in [0.29, 0.717) is 49.4 Å². The molecular formula is C41H42O14. The number of aliphatic hydroxyl groups is 1. The predicted molar refractivity (Wildman–Crippen MR) is 188 cm³/mol. The van der Waals surface area contributed by atoms with E-state index in [4.69, 9.17) is 56.8 Å². The van der Waals surface area contributed by atoms with Crippen LogP contribution in [0.15, 0.2) is 66.4 Å². The highest BCUT2D eigenvalue weighted by Gasteiger charge is 2.63. The van der Waals surface area contributed by atoms with E-state index in [1.807, 2.05) is 48.5 Å². The normalized spacial score (nSPS) is 35.5. The molecule has 0 spiro atoms. The summed E-state index contributed by atoms with van der Waals surface area (Å²) in [7, 11) is 4.72. The van der Waals surface area contributed by atoms with Gasteiger partial charge in [-0.15, -0.1) is 0 Å². The van der Waals surface area contributed by atoms with E-state index < -0.39 is 23.9 Å². The number of allylic oxidation sites excluding steroid dienone is 1. The molecule has 11 atom stereocenters. The highest BCUT2D eigenvalue weighted by atomic mass is 16.8. The van der Waals surface area contributed by atoms with Gasteiger partial charge in [0.1, 0.15) is 6.10 Å². The molecule has 6 aliphatic heterocycles. The van der Waals surface area contributed by atoms with Gasteiger partial charge in [0.25, 0.3) is 5.79 Å². The van der Waals surface area contributed by atoms with E-state index in [9.17, 15) is 9.90 Å². The van der Waals surface area contributed by atoms with E-state index in [1.54, 1.807) is 27.4 Å². The molecule has 10 rings (SSSR count). The van der Waals surface area contributed by atoms with E-state index in [2.05, 4.69) is 0 Å². The van der Waals surface area contributed by atoms with Crippen molar-refractivity contribution in [3.8, 4) is 34.5 Å². The minimum Gasteiger partial charge on any atom is -0.493 e. The van der Waals surface area contributed by atoms with Gasteiger partial charge in [-0.3, -0.25) is 9.53 Å². The first kappa shape index (κ1) is 34.9. The molecule has 55 heavy (non-hydrogen) atoms. The molecule has 0 unspecified atom stereocenters. The number of hydrogen-bond donors (Lipinski definition) is 1. The molecule has 0 bridgehead atoms. The van der Waals surface area contributed by atoms with Crippen molar-refractivity contribution >= 4 is 5.78 Å². The van der Waals surface area contributed by atoms with Crippen molar-refractivity contribution in [1.82, 2.24) is 0 Å². The van der Waals surface area contributed by atoms with Crippen molar-refractivity contribution in [2.24, 2.45) is 29.6 Å². The van der Waals surface area contributed by atoms with Crippen LogP contribution in [0.5, 0.6) is 34.5 Å². The Labute approximate surface area is 317 Å². The summed E-state index contributed by atoms with van der Waals surface area (Å²) in [6, 6.07) is 17.2. The van der Waals surface area contributed by atoms with E-state index in [-0.39, 0.29) is 67.1 Å². The Hall–Kier alpha value is -4.57. The zero-order valence-corrected chi connectivity index (χ0v) is 30.5. The number of fused-ring (bicyclic) bond motifs is 4. The van der Waals surface area contributed by atoms with Crippen molar-refractivity contribution in [1.29, 1.82) is 0 Å². The Balaban J connectivity index is 0.875. The van der Waals surface area contributed by atoms with Gasteiger partial charge in [-0.2, -0.15) is 0 Å². The summed E-state index contributed by atoms with van der Waals surface area (Å²) in [6.45, 7) is 1.75. The van der Waals surface area contributed by atoms with Crippen LogP contribution in [0.3, 0.4) is 0 Å². The van der Waals surface area contributed by atoms with Crippen molar-refractivity contribution in [2.45, 2.75) is 36.3 Å². The quantitative estimate of drug-likeness (QED) is 0.328. The van der Waals surface area contributed by atoms with Gasteiger partial charge in [0.2, 0.25) is 6.79 Å². The lowest BCUT2D eigenvalue weighted by atomic mass is 9.75. The molecule has 0 aromatic heterocycles. The minimum absolute atomic E-state index is 0.0614. The molecule has 3 aromatic rings. The zero-order chi connectivity index (χ0) is 37.4. The van der Waals surface area contributed by atoms with Gasteiger partial charge in [-0.05, 0) is 53.1 Å². The average Bonchev–Trinajstić information content (AvgIpc) is 4.06. The monoisotopic (exact) mass is 758 g/mol. The van der Waals surface area contributed by atoms with E-state index in [1.165, 1.54) is 6.08 Å². The average molecular weight is 759 g/mol. The van der Waals surface area contributed by atoms with Crippen LogP contribution in [-0.4, -0.2) is 90.2 Å². The third kappa shape index (κ3) is 5.48. The van der Waals surface area contributed by atoms with Gasteiger partial charge in [0.05, 0.1) is 78.1 Å². The highest BCUT2D eigenvalue weighted by Crippen LogP contribution is 2.54. The number of ether oxygens (including phenoxy) is 12. The van der Waals surface area contributed by atoms with E-state index >= 15 is 0 Å². The van der Waals surface area contributed by atoms with Crippen LogP contribution >= 0.6 is 0 Å². The molecular weight excluding hydrogens is 716 g/mol. The lowest BCUT2D eigenvalue weighted by molar-refractivity contribution is -0.220. The number of carbonyl (C=O) groups excluding carboxylic acids is 1. The first-order valence-electron chi connectivity index (χ1n) is 18.6. The Morgan fingerprint density at radius 2 is 1.18 bits per heavy atom. The van der Waals surface area contributed by atoms with Crippen LogP contribution in [0, 0.1) is 29.6 Å². The van der Waals surface area contributed by atoms with Gasteiger partial charge in [-0.1, -0.05) is 18.2 Å². The fraction of sp³-hybridized carbons (Fsp3) is 0.488. The maximum Gasteiger partial charge on any atom is 0.299 e. The van der Waals surface area contributed by atoms with Crippen molar-refractivity contribution in [3.63, 3.8) is 0 Å². The lowest BCUT2D eigenvalue weighted by Crippen LogP contribution is -2.59. The Morgan fingerprint density at radius 1 is 0.618 bits per heavy atom. The molecule has 0 radical (unpaired) electrons. The second kappa shape index (κ2) is 13.6. The molecule has 1 aliphatic carbocycles. The number of benzene rings is 3. The third-order valence-corrected chi connectivity index (χ3v) is 12.3. The molecule has 1 N–H and O–H groups in total. The topological polar surface area (TPSA) is 148 Å². The van der Waals surface area contributed by atoms with Crippen LogP contribution in [0.4, 0.5) is 0 Å². The molecule has 14 nitrogen and oxygen atoms in total. The van der Waals surface area contributed by atoms with Crippen LogP contribution in [0.1, 0.15) is 35.0 Å². The van der Waals surface area contributed by atoms with Gasteiger partial charge in [0, 0.05) is 29.7 Å². The summed E-state index contributed by atoms with van der Waals surface area (Å²) in [5.74, 6) is 0.317. The van der Waals surface area contributed by atoms with Crippen molar-refractivity contribution < 1.29 is 66.7 Å². The largest absolute Gasteiger partial charge is 0.493 e. The second-order valence-corrected chi connectivity index (χ2v) is 14.9. The summed E-state index contributed by atoms with van der Waals surface area (Å²) < 4.78 is 71.6. The minimum atomic E-state index is -1.82. The third-order valence-electron chi connectivity index (χ3n) is 12.3. The molecule has 5 fully saturated rings.